The second-order valence-corrected chi connectivity index (χ2v) is 9.46. The lowest BCUT2D eigenvalue weighted by atomic mass is 9.83. The largest absolute Gasteiger partial charge is 0.494 e. The van der Waals surface area contributed by atoms with Crippen LogP contribution >= 0.6 is 0 Å². The molecule has 2 unspecified atom stereocenters. The van der Waals surface area contributed by atoms with E-state index in [0.29, 0.717) is 0 Å². The minimum Gasteiger partial charge on any atom is -0.494 e. The van der Waals surface area contributed by atoms with Gasteiger partial charge in [-0.15, -0.1) is 0 Å². The Hall–Kier alpha value is -1.06. The molecule has 0 saturated carbocycles. The van der Waals surface area contributed by atoms with Gasteiger partial charge in [-0.25, -0.2) is 0 Å². The van der Waals surface area contributed by atoms with Crippen molar-refractivity contribution >= 4 is 0 Å². The summed E-state index contributed by atoms with van der Waals surface area (Å²) in [5.41, 5.74) is 7.04. The maximum atomic E-state index is 9.57. The summed E-state index contributed by atoms with van der Waals surface area (Å²) < 4.78 is 5.90. The average Bonchev–Trinajstić information content (AvgIpc) is 2.66. The molecule has 1 rings (SSSR count). The number of nitrogens with two attached hydrogens (primary N) is 1. The van der Waals surface area contributed by atoms with Crippen LogP contribution in [-0.2, 0) is 6.42 Å². The molecule has 0 fully saturated rings. The summed E-state index contributed by atoms with van der Waals surface area (Å²) in [6.07, 6.45) is 9.42. The highest BCUT2D eigenvalue weighted by Crippen LogP contribution is 2.22. The Morgan fingerprint density at radius 3 is 2.14 bits per heavy atom. The number of benzene rings is 1. The smallest absolute Gasteiger partial charge is 0.119 e. The lowest BCUT2D eigenvalue weighted by Gasteiger charge is -2.31. The molecule has 0 aliphatic rings. The van der Waals surface area contributed by atoms with Crippen LogP contribution in [0.15, 0.2) is 24.3 Å². The van der Waals surface area contributed by atoms with E-state index < -0.39 is 5.54 Å². The van der Waals surface area contributed by atoms with Crippen LogP contribution in [-0.4, -0.2) is 23.9 Å². The lowest BCUT2D eigenvalue weighted by Crippen LogP contribution is -2.48. The molecule has 1 aromatic carbocycles. The Kier molecular flexibility index (Phi) is 11.8. The Bertz CT molecular complexity index is 512. The Labute approximate surface area is 174 Å². The molecule has 0 amide bonds. The standard InChI is InChI=1S/C25H45NO2/c1-20(2)9-8-11-22(5)10-6-7-18-28-24-14-12-23(13-15-24)16-17-25(26,19-27)21(3)4/h12-15,20-22,27H,6-11,16-19,26H2,1-5H3. The molecule has 0 aliphatic heterocycles. The molecule has 3 nitrogen and oxygen atoms in total. The Balaban J connectivity index is 2.21. The van der Waals surface area contributed by atoms with Gasteiger partial charge in [0.1, 0.15) is 5.75 Å². The van der Waals surface area contributed by atoms with Crippen LogP contribution in [0.4, 0.5) is 0 Å². The molecule has 3 heteroatoms. The summed E-state index contributed by atoms with van der Waals surface area (Å²) in [6.45, 7) is 12.0. The molecular weight excluding hydrogens is 346 g/mol. The fourth-order valence-corrected chi connectivity index (χ4v) is 3.48. The van der Waals surface area contributed by atoms with Crippen molar-refractivity contribution in [3.05, 3.63) is 29.8 Å². The molecule has 0 aliphatic carbocycles. The van der Waals surface area contributed by atoms with Crippen molar-refractivity contribution in [2.75, 3.05) is 13.2 Å². The van der Waals surface area contributed by atoms with Gasteiger partial charge in [-0.2, -0.15) is 0 Å². The zero-order chi connectivity index (χ0) is 21.0. The molecule has 0 spiro atoms. The van der Waals surface area contributed by atoms with Gasteiger partial charge in [0.15, 0.2) is 0 Å². The van der Waals surface area contributed by atoms with E-state index in [0.717, 1.165) is 43.5 Å². The number of aliphatic hydroxyl groups excluding tert-OH is 1. The van der Waals surface area contributed by atoms with E-state index in [4.69, 9.17) is 10.5 Å². The molecule has 0 aromatic heterocycles. The zero-order valence-electron chi connectivity index (χ0n) is 19.0. The first kappa shape index (κ1) is 25.0. The third kappa shape index (κ3) is 9.93. The maximum absolute atomic E-state index is 9.57. The Morgan fingerprint density at radius 2 is 1.57 bits per heavy atom. The van der Waals surface area contributed by atoms with E-state index in [1.807, 2.05) is 0 Å². The maximum Gasteiger partial charge on any atom is 0.119 e. The van der Waals surface area contributed by atoms with Crippen molar-refractivity contribution < 1.29 is 9.84 Å². The van der Waals surface area contributed by atoms with Crippen molar-refractivity contribution in [3.63, 3.8) is 0 Å². The van der Waals surface area contributed by atoms with E-state index in [-0.39, 0.29) is 12.5 Å². The summed E-state index contributed by atoms with van der Waals surface area (Å²) in [7, 11) is 0. The van der Waals surface area contributed by atoms with Crippen molar-refractivity contribution in [2.45, 2.75) is 91.5 Å². The number of hydrogen-bond acceptors (Lipinski definition) is 3. The van der Waals surface area contributed by atoms with Crippen molar-refractivity contribution in [2.24, 2.45) is 23.5 Å². The highest BCUT2D eigenvalue weighted by Gasteiger charge is 2.27. The second kappa shape index (κ2) is 13.2. The van der Waals surface area contributed by atoms with Crippen molar-refractivity contribution in [1.82, 2.24) is 0 Å². The van der Waals surface area contributed by atoms with Crippen LogP contribution in [0.3, 0.4) is 0 Å². The normalized spacial score (nSPS) is 15.0. The summed E-state index contributed by atoms with van der Waals surface area (Å²) in [5, 5.41) is 9.57. The topological polar surface area (TPSA) is 55.5 Å². The molecule has 2 atom stereocenters. The molecule has 1 aromatic rings. The summed E-state index contributed by atoms with van der Waals surface area (Å²) >= 11 is 0. The lowest BCUT2D eigenvalue weighted by molar-refractivity contribution is 0.146. The third-order valence-electron chi connectivity index (χ3n) is 6.09. The minimum atomic E-state index is -0.499. The van der Waals surface area contributed by atoms with Gasteiger partial charge in [-0.3, -0.25) is 0 Å². The predicted molar refractivity (Wildman–Crippen MR) is 121 cm³/mol. The molecule has 3 N–H and O–H groups in total. The molecule has 162 valence electrons. The van der Waals surface area contributed by atoms with Crippen molar-refractivity contribution in [1.29, 1.82) is 0 Å². The monoisotopic (exact) mass is 391 g/mol. The molecule has 0 saturated heterocycles. The Morgan fingerprint density at radius 1 is 0.929 bits per heavy atom. The second-order valence-electron chi connectivity index (χ2n) is 9.46. The van der Waals surface area contributed by atoms with Gasteiger partial charge in [0.25, 0.3) is 0 Å². The van der Waals surface area contributed by atoms with Crippen LogP contribution < -0.4 is 10.5 Å². The number of hydrogen-bond donors (Lipinski definition) is 2. The number of rotatable bonds is 15. The number of unbranched alkanes of at least 4 members (excludes halogenated alkanes) is 1. The van der Waals surface area contributed by atoms with Crippen LogP contribution in [0.2, 0.25) is 0 Å². The first-order chi connectivity index (χ1) is 13.3. The van der Waals surface area contributed by atoms with Gasteiger partial charge in [-0.05, 0) is 61.1 Å². The fourth-order valence-electron chi connectivity index (χ4n) is 3.48. The predicted octanol–water partition coefficient (Wildman–Crippen LogP) is 5.98. The van der Waals surface area contributed by atoms with Gasteiger partial charge < -0.3 is 15.6 Å². The summed E-state index contributed by atoms with van der Waals surface area (Å²) in [4.78, 5) is 0. The van der Waals surface area contributed by atoms with E-state index in [1.54, 1.807) is 0 Å². The first-order valence-electron chi connectivity index (χ1n) is 11.4. The van der Waals surface area contributed by atoms with E-state index in [9.17, 15) is 5.11 Å². The number of aryl methyl sites for hydroxylation is 1. The first-order valence-corrected chi connectivity index (χ1v) is 11.4. The highest BCUT2D eigenvalue weighted by molar-refractivity contribution is 5.27. The van der Waals surface area contributed by atoms with Gasteiger partial charge in [0.2, 0.25) is 0 Å². The molecule has 0 radical (unpaired) electrons. The van der Waals surface area contributed by atoms with Gasteiger partial charge in [-0.1, -0.05) is 72.4 Å². The van der Waals surface area contributed by atoms with E-state index >= 15 is 0 Å². The number of ether oxygens (including phenoxy) is 1. The van der Waals surface area contributed by atoms with Gasteiger partial charge in [0.05, 0.1) is 13.2 Å². The van der Waals surface area contributed by atoms with Crippen LogP contribution in [0.25, 0.3) is 0 Å². The zero-order valence-corrected chi connectivity index (χ0v) is 19.0. The summed E-state index contributed by atoms with van der Waals surface area (Å²) in [6, 6.07) is 8.33. The van der Waals surface area contributed by atoms with Gasteiger partial charge >= 0.3 is 0 Å². The van der Waals surface area contributed by atoms with Crippen LogP contribution in [0.5, 0.6) is 5.75 Å². The molecule has 0 heterocycles. The van der Waals surface area contributed by atoms with Gasteiger partial charge in [0, 0.05) is 5.54 Å². The third-order valence-corrected chi connectivity index (χ3v) is 6.09. The van der Waals surface area contributed by atoms with E-state index in [2.05, 4.69) is 58.9 Å². The highest BCUT2D eigenvalue weighted by atomic mass is 16.5. The van der Waals surface area contributed by atoms with Crippen molar-refractivity contribution in [3.8, 4) is 5.75 Å². The minimum absolute atomic E-state index is 0.0300. The molecular formula is C25H45NO2. The fraction of sp³-hybridized carbons (Fsp3) is 0.760. The number of aliphatic hydroxyl groups is 1. The quantitative estimate of drug-likeness (QED) is 0.362. The van der Waals surface area contributed by atoms with E-state index in [1.165, 1.54) is 37.7 Å². The van der Waals surface area contributed by atoms with Crippen LogP contribution in [0.1, 0.15) is 85.1 Å². The average molecular weight is 392 g/mol. The SMILES string of the molecule is CC(C)CCCC(C)CCCCOc1ccc(CCC(N)(CO)C(C)C)cc1. The summed E-state index contributed by atoms with van der Waals surface area (Å²) in [5.74, 6) is 2.86. The van der Waals surface area contributed by atoms with Crippen LogP contribution in [0, 0.1) is 17.8 Å². The molecule has 28 heavy (non-hydrogen) atoms. The molecule has 0 bridgehead atoms.